The van der Waals surface area contributed by atoms with Crippen molar-refractivity contribution in [2.45, 2.75) is 6.54 Å². The van der Waals surface area contributed by atoms with Crippen LogP contribution in [0.25, 0.3) is 10.9 Å². The molecule has 2 aromatic carbocycles. The molecule has 0 aliphatic heterocycles. The van der Waals surface area contributed by atoms with Gasteiger partial charge in [-0.2, -0.15) is 0 Å². The topological polar surface area (TPSA) is 82.2 Å². The van der Waals surface area contributed by atoms with Gasteiger partial charge in [-0.3, -0.25) is 9.59 Å². The zero-order valence-electron chi connectivity index (χ0n) is 12.0. The first-order valence-corrected chi connectivity index (χ1v) is 6.93. The largest absolute Gasteiger partial charge is 0.502 e. The van der Waals surface area contributed by atoms with Crippen molar-refractivity contribution < 1.29 is 14.3 Å². The number of aromatic hydroxyl groups is 1. The highest BCUT2D eigenvalue weighted by Gasteiger charge is 2.18. The SMILES string of the molecule is O=C(NCc1ccc(F)cc1)c1c(O)c(=O)[nH]c2ccccc12. The van der Waals surface area contributed by atoms with Crippen molar-refractivity contribution in [3.63, 3.8) is 0 Å². The van der Waals surface area contributed by atoms with Gasteiger partial charge in [0.15, 0.2) is 5.75 Å². The summed E-state index contributed by atoms with van der Waals surface area (Å²) in [5.74, 6) is -1.56. The van der Waals surface area contributed by atoms with Gasteiger partial charge in [0.2, 0.25) is 0 Å². The highest BCUT2D eigenvalue weighted by molar-refractivity contribution is 6.08. The zero-order valence-corrected chi connectivity index (χ0v) is 12.0. The smallest absolute Gasteiger partial charge is 0.291 e. The van der Waals surface area contributed by atoms with Crippen LogP contribution in [0.2, 0.25) is 0 Å². The first kappa shape index (κ1) is 14.8. The number of para-hydroxylation sites is 1. The van der Waals surface area contributed by atoms with Crippen LogP contribution in [0.3, 0.4) is 0 Å². The molecule has 1 aromatic heterocycles. The standard InChI is InChI=1S/C17H13FN2O3/c18-11-7-5-10(6-8-11)9-19-16(22)14-12-3-1-2-4-13(12)20-17(23)15(14)21/h1-8,21H,9H2,(H,19,22)(H,20,23). The van der Waals surface area contributed by atoms with Crippen LogP contribution < -0.4 is 10.9 Å². The van der Waals surface area contributed by atoms with E-state index in [-0.39, 0.29) is 17.9 Å². The second-order valence-electron chi connectivity index (χ2n) is 5.03. The lowest BCUT2D eigenvalue weighted by molar-refractivity contribution is 0.0949. The summed E-state index contributed by atoms with van der Waals surface area (Å²) in [5.41, 5.74) is 0.359. The van der Waals surface area contributed by atoms with Crippen LogP contribution in [-0.2, 0) is 6.54 Å². The highest BCUT2D eigenvalue weighted by atomic mass is 19.1. The molecule has 0 saturated carbocycles. The molecule has 23 heavy (non-hydrogen) atoms. The zero-order chi connectivity index (χ0) is 16.4. The lowest BCUT2D eigenvalue weighted by atomic mass is 10.1. The minimum Gasteiger partial charge on any atom is -0.502 e. The quantitative estimate of drug-likeness (QED) is 0.694. The van der Waals surface area contributed by atoms with Gasteiger partial charge in [-0.25, -0.2) is 4.39 Å². The Hall–Kier alpha value is -3.15. The second-order valence-corrected chi connectivity index (χ2v) is 5.03. The monoisotopic (exact) mass is 312 g/mol. The molecule has 1 amide bonds. The molecule has 0 saturated heterocycles. The molecule has 0 unspecified atom stereocenters. The van der Waals surface area contributed by atoms with Gasteiger partial charge in [-0.15, -0.1) is 0 Å². The van der Waals surface area contributed by atoms with Gasteiger partial charge in [-0.05, 0) is 23.8 Å². The first-order chi connectivity index (χ1) is 11.1. The fourth-order valence-corrected chi connectivity index (χ4v) is 2.34. The Morgan fingerprint density at radius 1 is 1.13 bits per heavy atom. The number of carbonyl (C=O) groups is 1. The number of hydrogen-bond donors (Lipinski definition) is 3. The summed E-state index contributed by atoms with van der Waals surface area (Å²) in [6.45, 7) is 0.152. The number of benzene rings is 2. The number of halogens is 1. The molecule has 0 radical (unpaired) electrons. The van der Waals surface area contributed by atoms with Gasteiger partial charge in [0.1, 0.15) is 5.82 Å². The summed E-state index contributed by atoms with van der Waals surface area (Å²) < 4.78 is 12.9. The molecule has 1 heterocycles. The van der Waals surface area contributed by atoms with Crippen molar-refractivity contribution in [3.8, 4) is 5.75 Å². The predicted molar refractivity (Wildman–Crippen MR) is 83.8 cm³/mol. The lowest BCUT2D eigenvalue weighted by Gasteiger charge is -2.09. The Morgan fingerprint density at radius 3 is 2.57 bits per heavy atom. The Bertz CT molecular complexity index is 933. The normalized spacial score (nSPS) is 10.7. The number of rotatable bonds is 3. The third-order valence-electron chi connectivity index (χ3n) is 3.49. The first-order valence-electron chi connectivity index (χ1n) is 6.93. The molecule has 0 spiro atoms. The average molecular weight is 312 g/mol. The van der Waals surface area contributed by atoms with Crippen molar-refractivity contribution in [2.24, 2.45) is 0 Å². The summed E-state index contributed by atoms with van der Waals surface area (Å²) in [5, 5.41) is 13.0. The molecule has 116 valence electrons. The Balaban J connectivity index is 1.93. The maximum Gasteiger partial charge on any atom is 0.291 e. The molecule has 0 bridgehead atoms. The Labute approximate surface area is 130 Å². The number of amides is 1. The molecule has 3 N–H and O–H groups in total. The Morgan fingerprint density at radius 2 is 1.83 bits per heavy atom. The van der Waals surface area contributed by atoms with Crippen molar-refractivity contribution in [1.82, 2.24) is 10.3 Å². The molecule has 6 heteroatoms. The number of H-pyrrole nitrogens is 1. The fraction of sp³-hybridized carbons (Fsp3) is 0.0588. The van der Waals surface area contributed by atoms with Crippen LogP contribution in [0.4, 0.5) is 4.39 Å². The van der Waals surface area contributed by atoms with E-state index in [0.29, 0.717) is 16.5 Å². The number of aromatic nitrogens is 1. The minimum absolute atomic E-state index is 0.0774. The number of nitrogens with one attached hydrogen (secondary N) is 2. The van der Waals surface area contributed by atoms with E-state index in [1.54, 1.807) is 36.4 Å². The van der Waals surface area contributed by atoms with Gasteiger partial charge in [0.25, 0.3) is 11.5 Å². The van der Waals surface area contributed by atoms with E-state index in [2.05, 4.69) is 10.3 Å². The molecular formula is C17H13FN2O3. The molecule has 3 aromatic rings. The number of pyridine rings is 1. The van der Waals surface area contributed by atoms with E-state index in [4.69, 9.17) is 0 Å². The van der Waals surface area contributed by atoms with Crippen LogP contribution in [0.15, 0.2) is 53.3 Å². The molecule has 0 aliphatic carbocycles. The van der Waals surface area contributed by atoms with Gasteiger partial charge >= 0.3 is 0 Å². The summed E-state index contributed by atoms with van der Waals surface area (Å²) in [7, 11) is 0. The number of aromatic amines is 1. The molecule has 0 fully saturated rings. The summed E-state index contributed by atoms with van der Waals surface area (Å²) in [4.78, 5) is 26.6. The summed E-state index contributed by atoms with van der Waals surface area (Å²) in [6, 6.07) is 12.4. The van der Waals surface area contributed by atoms with Crippen LogP contribution in [-0.4, -0.2) is 16.0 Å². The van der Waals surface area contributed by atoms with Crippen molar-refractivity contribution in [2.75, 3.05) is 0 Å². The van der Waals surface area contributed by atoms with Gasteiger partial charge in [0, 0.05) is 17.4 Å². The van der Waals surface area contributed by atoms with Crippen molar-refractivity contribution in [1.29, 1.82) is 0 Å². The number of carbonyl (C=O) groups excluding carboxylic acids is 1. The maximum absolute atomic E-state index is 12.9. The van der Waals surface area contributed by atoms with Crippen LogP contribution >= 0.6 is 0 Å². The van der Waals surface area contributed by atoms with Gasteiger partial charge in [0.05, 0.1) is 5.56 Å². The molecule has 3 rings (SSSR count). The minimum atomic E-state index is -0.726. The molecule has 0 atom stereocenters. The molecule has 0 aliphatic rings. The van der Waals surface area contributed by atoms with E-state index in [9.17, 15) is 19.1 Å². The maximum atomic E-state index is 12.9. The van der Waals surface area contributed by atoms with E-state index < -0.39 is 17.2 Å². The van der Waals surface area contributed by atoms with E-state index >= 15 is 0 Å². The third kappa shape index (κ3) is 2.91. The highest BCUT2D eigenvalue weighted by Crippen LogP contribution is 2.22. The van der Waals surface area contributed by atoms with E-state index in [1.165, 1.54) is 12.1 Å². The third-order valence-corrected chi connectivity index (χ3v) is 3.49. The number of hydrogen-bond acceptors (Lipinski definition) is 3. The van der Waals surface area contributed by atoms with E-state index in [0.717, 1.165) is 0 Å². The lowest BCUT2D eigenvalue weighted by Crippen LogP contribution is -2.25. The molecule has 5 nitrogen and oxygen atoms in total. The van der Waals surface area contributed by atoms with Crippen molar-refractivity contribution >= 4 is 16.8 Å². The van der Waals surface area contributed by atoms with Crippen molar-refractivity contribution in [3.05, 3.63) is 75.8 Å². The summed E-state index contributed by atoms with van der Waals surface area (Å²) >= 11 is 0. The molecular weight excluding hydrogens is 299 g/mol. The van der Waals surface area contributed by atoms with Gasteiger partial charge < -0.3 is 15.4 Å². The fourth-order valence-electron chi connectivity index (χ4n) is 2.34. The predicted octanol–water partition coefficient (Wildman–Crippen LogP) is 2.30. The average Bonchev–Trinajstić information content (AvgIpc) is 2.55. The van der Waals surface area contributed by atoms with Gasteiger partial charge in [-0.1, -0.05) is 30.3 Å². The van der Waals surface area contributed by atoms with Crippen LogP contribution in [0.5, 0.6) is 5.75 Å². The number of fused-ring (bicyclic) bond motifs is 1. The Kier molecular flexibility index (Phi) is 3.80. The van der Waals surface area contributed by atoms with Crippen LogP contribution in [0, 0.1) is 5.82 Å². The van der Waals surface area contributed by atoms with E-state index in [1.807, 2.05) is 0 Å². The summed E-state index contributed by atoms with van der Waals surface area (Å²) in [6.07, 6.45) is 0. The second kappa shape index (κ2) is 5.92. The van der Waals surface area contributed by atoms with Crippen LogP contribution in [0.1, 0.15) is 15.9 Å².